The predicted molar refractivity (Wildman–Crippen MR) is 67.5 cm³/mol. The van der Waals surface area contributed by atoms with E-state index in [-0.39, 0.29) is 0 Å². The molecule has 2 rings (SSSR count). The largest absolute Gasteiger partial charge is 0.264 e. The molecule has 82 valence electrons. The Balaban J connectivity index is 2.12. The highest BCUT2D eigenvalue weighted by Gasteiger charge is 1.97. The van der Waals surface area contributed by atoms with Gasteiger partial charge in [0.2, 0.25) is 0 Å². The monoisotopic (exact) mass is 211 g/mol. The van der Waals surface area contributed by atoms with Crippen molar-refractivity contribution in [2.24, 2.45) is 0 Å². The van der Waals surface area contributed by atoms with E-state index in [1.165, 1.54) is 29.5 Å². The molecule has 0 aliphatic carbocycles. The van der Waals surface area contributed by atoms with Crippen LogP contribution in [0.1, 0.15) is 30.0 Å². The van der Waals surface area contributed by atoms with Crippen LogP contribution in [0.5, 0.6) is 0 Å². The van der Waals surface area contributed by atoms with Crippen LogP contribution < -0.4 is 0 Å². The van der Waals surface area contributed by atoms with Gasteiger partial charge in [-0.2, -0.15) is 0 Å². The van der Waals surface area contributed by atoms with Gasteiger partial charge in [0.1, 0.15) is 0 Å². The zero-order chi connectivity index (χ0) is 11.2. The molecule has 0 saturated heterocycles. The quantitative estimate of drug-likeness (QED) is 0.752. The van der Waals surface area contributed by atoms with Gasteiger partial charge >= 0.3 is 0 Å². The van der Waals surface area contributed by atoms with Crippen molar-refractivity contribution >= 4 is 0 Å². The summed E-state index contributed by atoms with van der Waals surface area (Å²) in [4.78, 5) is 4.14. The predicted octanol–water partition coefficient (Wildman–Crippen LogP) is 3.62. The Morgan fingerprint density at radius 2 is 1.81 bits per heavy atom. The van der Waals surface area contributed by atoms with Crippen molar-refractivity contribution in [2.75, 3.05) is 0 Å². The van der Waals surface area contributed by atoms with Crippen molar-refractivity contribution in [2.45, 2.75) is 26.2 Å². The van der Waals surface area contributed by atoms with E-state index in [1.807, 2.05) is 18.5 Å². The Bertz CT molecular complexity index is 434. The minimum absolute atomic E-state index is 0.978. The van der Waals surface area contributed by atoms with Crippen LogP contribution in [0, 0.1) is 0 Å². The van der Waals surface area contributed by atoms with E-state index in [2.05, 4.69) is 42.2 Å². The average Bonchev–Trinajstić information content (AvgIpc) is 2.31. The van der Waals surface area contributed by atoms with Gasteiger partial charge in [-0.25, -0.2) is 0 Å². The van der Waals surface area contributed by atoms with Crippen LogP contribution in [0.3, 0.4) is 0 Å². The summed E-state index contributed by atoms with van der Waals surface area (Å²) >= 11 is 0. The lowest BCUT2D eigenvalue weighted by Crippen LogP contribution is -1.91. The molecule has 0 radical (unpaired) electrons. The van der Waals surface area contributed by atoms with E-state index in [9.17, 15) is 0 Å². The van der Waals surface area contributed by atoms with Crippen LogP contribution in [0.4, 0.5) is 0 Å². The molecule has 0 aliphatic heterocycles. The standard InChI is InChI=1S/C15H17N/c1-2-5-13-6-3-7-14(10-13)11-15-8-4-9-16-12-15/h3-4,6-10,12H,2,5,11H2,1H3. The summed E-state index contributed by atoms with van der Waals surface area (Å²) < 4.78 is 0. The molecule has 0 atom stereocenters. The zero-order valence-corrected chi connectivity index (χ0v) is 9.69. The lowest BCUT2D eigenvalue weighted by molar-refractivity contribution is 0.918. The Morgan fingerprint density at radius 1 is 1.00 bits per heavy atom. The molecule has 1 aromatic carbocycles. The molecule has 2 aromatic rings. The summed E-state index contributed by atoms with van der Waals surface area (Å²) in [5, 5.41) is 0. The van der Waals surface area contributed by atoms with Crippen molar-refractivity contribution in [3.63, 3.8) is 0 Å². The molecule has 16 heavy (non-hydrogen) atoms. The average molecular weight is 211 g/mol. The van der Waals surface area contributed by atoms with Gasteiger partial charge in [-0.3, -0.25) is 4.98 Å². The van der Waals surface area contributed by atoms with Crippen LogP contribution in [0.2, 0.25) is 0 Å². The number of pyridine rings is 1. The maximum atomic E-state index is 4.14. The van der Waals surface area contributed by atoms with Crippen molar-refractivity contribution in [1.82, 2.24) is 4.98 Å². The van der Waals surface area contributed by atoms with E-state index in [4.69, 9.17) is 0 Å². The van der Waals surface area contributed by atoms with Crippen LogP contribution in [-0.4, -0.2) is 4.98 Å². The molecule has 1 heterocycles. The molecule has 0 fully saturated rings. The van der Waals surface area contributed by atoms with E-state index < -0.39 is 0 Å². The summed E-state index contributed by atoms with van der Waals surface area (Å²) in [5.74, 6) is 0. The van der Waals surface area contributed by atoms with Crippen LogP contribution in [0.25, 0.3) is 0 Å². The minimum Gasteiger partial charge on any atom is -0.264 e. The zero-order valence-electron chi connectivity index (χ0n) is 9.69. The number of nitrogens with zero attached hydrogens (tertiary/aromatic N) is 1. The molecule has 0 saturated carbocycles. The summed E-state index contributed by atoms with van der Waals surface area (Å²) in [6.45, 7) is 2.22. The molecule has 1 heteroatoms. The van der Waals surface area contributed by atoms with Crippen LogP contribution in [-0.2, 0) is 12.8 Å². The third-order valence-electron chi connectivity index (χ3n) is 2.66. The number of hydrogen-bond donors (Lipinski definition) is 0. The second-order valence-electron chi connectivity index (χ2n) is 4.11. The van der Waals surface area contributed by atoms with Crippen molar-refractivity contribution < 1.29 is 0 Å². The van der Waals surface area contributed by atoms with Gasteiger partial charge in [-0.05, 0) is 35.6 Å². The fourth-order valence-electron chi connectivity index (χ4n) is 1.92. The second-order valence-corrected chi connectivity index (χ2v) is 4.11. The van der Waals surface area contributed by atoms with Crippen molar-refractivity contribution in [3.05, 3.63) is 65.5 Å². The fraction of sp³-hybridized carbons (Fsp3) is 0.267. The number of rotatable bonds is 4. The summed E-state index contributed by atoms with van der Waals surface area (Å²) in [5.41, 5.74) is 4.08. The molecule has 0 spiro atoms. The van der Waals surface area contributed by atoms with E-state index in [1.54, 1.807) is 0 Å². The maximum absolute atomic E-state index is 4.14. The number of benzene rings is 1. The van der Waals surface area contributed by atoms with Gasteiger partial charge in [-0.15, -0.1) is 0 Å². The van der Waals surface area contributed by atoms with Gasteiger partial charge in [0.15, 0.2) is 0 Å². The summed E-state index contributed by atoms with van der Waals surface area (Å²) in [6, 6.07) is 13.0. The SMILES string of the molecule is CCCc1cccc(Cc2cccnc2)c1. The minimum atomic E-state index is 0.978. The summed E-state index contributed by atoms with van der Waals surface area (Å²) in [7, 11) is 0. The highest BCUT2D eigenvalue weighted by atomic mass is 14.6. The fourth-order valence-corrected chi connectivity index (χ4v) is 1.92. The summed E-state index contributed by atoms with van der Waals surface area (Å²) in [6.07, 6.45) is 7.10. The molecule has 1 aromatic heterocycles. The highest BCUT2D eigenvalue weighted by molar-refractivity contribution is 5.28. The first-order chi connectivity index (χ1) is 7.88. The van der Waals surface area contributed by atoms with Crippen molar-refractivity contribution in [1.29, 1.82) is 0 Å². The second kappa shape index (κ2) is 5.45. The van der Waals surface area contributed by atoms with E-state index in [0.717, 1.165) is 6.42 Å². The molecular weight excluding hydrogens is 194 g/mol. The third-order valence-corrected chi connectivity index (χ3v) is 2.66. The third kappa shape index (κ3) is 2.93. The lowest BCUT2D eigenvalue weighted by Gasteiger charge is -2.04. The highest BCUT2D eigenvalue weighted by Crippen LogP contribution is 2.11. The molecule has 0 amide bonds. The first kappa shape index (κ1) is 10.9. The van der Waals surface area contributed by atoms with Gasteiger partial charge in [-0.1, -0.05) is 43.7 Å². The van der Waals surface area contributed by atoms with Gasteiger partial charge in [0.25, 0.3) is 0 Å². The van der Waals surface area contributed by atoms with E-state index in [0.29, 0.717) is 0 Å². The number of aryl methyl sites for hydroxylation is 1. The Kier molecular flexibility index (Phi) is 3.71. The lowest BCUT2D eigenvalue weighted by atomic mass is 10.0. The Hall–Kier alpha value is -1.63. The molecule has 1 nitrogen and oxygen atoms in total. The normalized spacial score (nSPS) is 10.3. The molecule has 0 aliphatic rings. The first-order valence-electron chi connectivity index (χ1n) is 5.85. The van der Waals surface area contributed by atoms with Crippen LogP contribution in [0.15, 0.2) is 48.8 Å². The topological polar surface area (TPSA) is 12.9 Å². The molecule has 0 bridgehead atoms. The van der Waals surface area contributed by atoms with Gasteiger partial charge < -0.3 is 0 Å². The van der Waals surface area contributed by atoms with Crippen LogP contribution >= 0.6 is 0 Å². The number of aromatic nitrogens is 1. The smallest absolute Gasteiger partial charge is 0.0303 e. The Morgan fingerprint density at radius 3 is 2.56 bits per heavy atom. The van der Waals surface area contributed by atoms with Gasteiger partial charge in [0, 0.05) is 12.4 Å². The number of hydrogen-bond acceptors (Lipinski definition) is 1. The first-order valence-corrected chi connectivity index (χ1v) is 5.85. The maximum Gasteiger partial charge on any atom is 0.0303 e. The molecular formula is C15H17N. The van der Waals surface area contributed by atoms with Crippen molar-refractivity contribution in [3.8, 4) is 0 Å². The molecule has 0 N–H and O–H groups in total. The van der Waals surface area contributed by atoms with Gasteiger partial charge in [0.05, 0.1) is 0 Å². The van der Waals surface area contributed by atoms with E-state index >= 15 is 0 Å². The molecule has 0 unspecified atom stereocenters. The Labute approximate surface area is 97.2 Å².